The maximum absolute atomic E-state index is 13.3. The molecule has 12 heteroatoms. The number of methoxy groups -OCH3 is 3. The molecule has 0 radical (unpaired) electrons. The lowest BCUT2D eigenvalue weighted by molar-refractivity contribution is -0.141. The molecule has 0 aliphatic heterocycles. The van der Waals surface area contributed by atoms with Crippen LogP contribution in [0.4, 0.5) is 8.78 Å². The highest BCUT2D eigenvalue weighted by molar-refractivity contribution is 7.89. The standard InChI is InChI=1S/C21H24F2N2O7S/c1-30-18-7-4-13(10-19(18)31-2)17(12-21(27)32-3)25-20(26)8-9-24-33(28,29)14-5-6-15(22)16(23)11-14/h4-7,10-11,17,24H,8-9,12H2,1-3H3,(H,25,26). The molecule has 0 aromatic heterocycles. The van der Waals surface area contributed by atoms with Crippen molar-refractivity contribution < 1.29 is 41.0 Å². The number of rotatable bonds is 11. The van der Waals surface area contributed by atoms with Crippen molar-refractivity contribution in [3.05, 3.63) is 53.6 Å². The Bertz CT molecular complexity index is 1110. The topological polar surface area (TPSA) is 120 Å². The summed E-state index contributed by atoms with van der Waals surface area (Å²) in [7, 11) is -0.0415. The predicted molar refractivity (Wildman–Crippen MR) is 113 cm³/mol. The fourth-order valence-electron chi connectivity index (χ4n) is 2.86. The Kier molecular flexibility index (Phi) is 9.12. The van der Waals surface area contributed by atoms with Gasteiger partial charge in [-0.2, -0.15) is 0 Å². The smallest absolute Gasteiger partial charge is 0.307 e. The van der Waals surface area contributed by atoms with E-state index in [4.69, 9.17) is 9.47 Å². The van der Waals surface area contributed by atoms with Crippen LogP contribution < -0.4 is 19.5 Å². The molecule has 33 heavy (non-hydrogen) atoms. The van der Waals surface area contributed by atoms with E-state index in [1.54, 1.807) is 18.2 Å². The van der Waals surface area contributed by atoms with Crippen molar-refractivity contribution in [2.24, 2.45) is 0 Å². The Hall–Kier alpha value is -3.25. The van der Waals surface area contributed by atoms with E-state index in [2.05, 4.69) is 14.8 Å². The van der Waals surface area contributed by atoms with Gasteiger partial charge in [0, 0.05) is 13.0 Å². The maximum Gasteiger partial charge on any atom is 0.307 e. The molecule has 2 aromatic carbocycles. The van der Waals surface area contributed by atoms with Gasteiger partial charge in [-0.1, -0.05) is 6.07 Å². The number of nitrogens with one attached hydrogen (secondary N) is 2. The molecule has 2 aromatic rings. The van der Waals surface area contributed by atoms with Crippen LogP contribution in [0.15, 0.2) is 41.3 Å². The molecule has 2 N–H and O–H groups in total. The first-order chi connectivity index (χ1) is 15.6. The summed E-state index contributed by atoms with van der Waals surface area (Å²) in [6.07, 6.45) is -0.466. The minimum absolute atomic E-state index is 0.182. The Balaban J connectivity index is 2.07. The zero-order valence-corrected chi connectivity index (χ0v) is 19.0. The summed E-state index contributed by atoms with van der Waals surface area (Å²) in [6, 6.07) is 6.20. The molecular weight excluding hydrogens is 462 g/mol. The lowest BCUT2D eigenvalue weighted by Crippen LogP contribution is -2.34. The van der Waals surface area contributed by atoms with Crippen molar-refractivity contribution in [2.75, 3.05) is 27.9 Å². The van der Waals surface area contributed by atoms with Crippen molar-refractivity contribution in [1.82, 2.24) is 10.0 Å². The fourth-order valence-corrected chi connectivity index (χ4v) is 3.91. The highest BCUT2D eigenvalue weighted by Gasteiger charge is 2.22. The van der Waals surface area contributed by atoms with Gasteiger partial charge < -0.3 is 19.5 Å². The number of hydrogen-bond acceptors (Lipinski definition) is 7. The van der Waals surface area contributed by atoms with Crippen LogP contribution in [0, 0.1) is 11.6 Å². The number of amides is 1. The lowest BCUT2D eigenvalue weighted by atomic mass is 10.0. The van der Waals surface area contributed by atoms with E-state index in [0.29, 0.717) is 29.2 Å². The molecule has 1 atom stereocenters. The molecule has 0 saturated heterocycles. The van der Waals surface area contributed by atoms with Crippen molar-refractivity contribution in [1.29, 1.82) is 0 Å². The predicted octanol–water partition coefficient (Wildman–Crippen LogP) is 2.07. The normalized spacial score (nSPS) is 12.0. The Morgan fingerprint density at radius 2 is 1.67 bits per heavy atom. The number of carbonyl (C=O) groups excluding carboxylic acids is 2. The van der Waals surface area contributed by atoms with Crippen LogP contribution in [0.3, 0.4) is 0 Å². The van der Waals surface area contributed by atoms with E-state index < -0.39 is 44.5 Å². The van der Waals surface area contributed by atoms with Crippen molar-refractivity contribution >= 4 is 21.9 Å². The second-order valence-electron chi connectivity index (χ2n) is 6.74. The van der Waals surface area contributed by atoms with Crippen LogP contribution in [-0.2, 0) is 24.3 Å². The van der Waals surface area contributed by atoms with Gasteiger partial charge in [0.05, 0.1) is 38.7 Å². The molecule has 9 nitrogen and oxygen atoms in total. The lowest BCUT2D eigenvalue weighted by Gasteiger charge is -2.20. The second-order valence-corrected chi connectivity index (χ2v) is 8.51. The van der Waals surface area contributed by atoms with Gasteiger partial charge in [0.1, 0.15) is 0 Å². The molecule has 180 valence electrons. The van der Waals surface area contributed by atoms with Gasteiger partial charge in [-0.3, -0.25) is 9.59 Å². The van der Waals surface area contributed by atoms with E-state index in [-0.39, 0.29) is 19.4 Å². The third-order valence-electron chi connectivity index (χ3n) is 4.59. The van der Waals surface area contributed by atoms with Gasteiger partial charge in [-0.05, 0) is 35.9 Å². The zero-order chi connectivity index (χ0) is 24.6. The molecule has 2 rings (SSSR count). The van der Waals surface area contributed by atoms with Crippen molar-refractivity contribution in [3.63, 3.8) is 0 Å². The summed E-state index contributed by atoms with van der Waals surface area (Å²) in [5, 5.41) is 2.65. The molecular formula is C21H24F2N2O7S. The molecule has 0 bridgehead atoms. The zero-order valence-electron chi connectivity index (χ0n) is 18.2. The van der Waals surface area contributed by atoms with Crippen LogP contribution >= 0.6 is 0 Å². The number of sulfonamides is 1. The first-order valence-corrected chi connectivity index (χ1v) is 11.1. The van der Waals surface area contributed by atoms with E-state index in [1.165, 1.54) is 21.3 Å². The second kappa shape index (κ2) is 11.6. The van der Waals surface area contributed by atoms with E-state index in [9.17, 15) is 26.8 Å². The Labute approximate surface area is 190 Å². The van der Waals surface area contributed by atoms with Crippen LogP contribution in [0.5, 0.6) is 11.5 Å². The van der Waals surface area contributed by atoms with Crippen molar-refractivity contribution in [2.45, 2.75) is 23.8 Å². The summed E-state index contributed by atoms with van der Waals surface area (Å²) >= 11 is 0. The monoisotopic (exact) mass is 486 g/mol. The largest absolute Gasteiger partial charge is 0.493 e. The van der Waals surface area contributed by atoms with Gasteiger partial charge in [-0.15, -0.1) is 0 Å². The molecule has 0 aliphatic carbocycles. The highest BCUT2D eigenvalue weighted by atomic mass is 32.2. The van der Waals surface area contributed by atoms with Gasteiger partial charge >= 0.3 is 5.97 Å². The highest BCUT2D eigenvalue weighted by Crippen LogP contribution is 2.31. The molecule has 0 fully saturated rings. The summed E-state index contributed by atoms with van der Waals surface area (Å²) < 4.78 is 68.0. The molecule has 0 aliphatic rings. The Morgan fingerprint density at radius 1 is 0.970 bits per heavy atom. The SMILES string of the molecule is COC(=O)CC(NC(=O)CCNS(=O)(=O)c1ccc(F)c(F)c1)c1ccc(OC)c(OC)c1. The fraction of sp³-hybridized carbons (Fsp3) is 0.333. The van der Waals surface area contributed by atoms with Crippen LogP contribution in [0.2, 0.25) is 0 Å². The quantitative estimate of drug-likeness (QED) is 0.467. The third-order valence-corrected chi connectivity index (χ3v) is 6.05. The van der Waals surface area contributed by atoms with E-state index in [1.807, 2.05) is 0 Å². The number of carbonyl (C=O) groups is 2. The van der Waals surface area contributed by atoms with Crippen molar-refractivity contribution in [3.8, 4) is 11.5 Å². The third kappa shape index (κ3) is 7.12. The molecule has 0 spiro atoms. The minimum Gasteiger partial charge on any atom is -0.493 e. The van der Waals surface area contributed by atoms with Crippen LogP contribution in [0.1, 0.15) is 24.4 Å². The number of hydrogen-bond donors (Lipinski definition) is 2. The first-order valence-electron chi connectivity index (χ1n) is 9.64. The Morgan fingerprint density at radius 3 is 2.27 bits per heavy atom. The molecule has 0 heterocycles. The van der Waals surface area contributed by atoms with Gasteiger partial charge in [0.2, 0.25) is 15.9 Å². The first kappa shape index (κ1) is 26.0. The number of halogens is 2. The number of ether oxygens (including phenoxy) is 3. The van der Waals surface area contributed by atoms with Gasteiger partial charge in [0.15, 0.2) is 23.1 Å². The summed E-state index contributed by atoms with van der Waals surface area (Å²) in [6.45, 7) is -0.315. The van der Waals surface area contributed by atoms with Gasteiger partial charge in [0.25, 0.3) is 0 Å². The summed E-state index contributed by atoms with van der Waals surface area (Å²) in [5.74, 6) is -2.79. The summed E-state index contributed by atoms with van der Waals surface area (Å²) in [5.41, 5.74) is 0.536. The minimum atomic E-state index is -4.16. The number of esters is 1. The maximum atomic E-state index is 13.3. The summed E-state index contributed by atoms with van der Waals surface area (Å²) in [4.78, 5) is 23.8. The average molecular weight is 486 g/mol. The van der Waals surface area contributed by atoms with Crippen LogP contribution in [0.25, 0.3) is 0 Å². The molecule has 1 amide bonds. The van der Waals surface area contributed by atoms with E-state index >= 15 is 0 Å². The number of benzene rings is 2. The van der Waals surface area contributed by atoms with E-state index in [0.717, 1.165) is 6.07 Å². The van der Waals surface area contributed by atoms with Gasteiger partial charge in [-0.25, -0.2) is 21.9 Å². The molecule has 0 saturated carbocycles. The average Bonchev–Trinajstić information content (AvgIpc) is 2.79. The van der Waals surface area contributed by atoms with Crippen LogP contribution in [-0.4, -0.2) is 48.2 Å². The molecule has 1 unspecified atom stereocenters.